The van der Waals surface area contributed by atoms with Gasteiger partial charge in [0.2, 0.25) is 0 Å². The van der Waals surface area contributed by atoms with Crippen LogP contribution in [0.3, 0.4) is 0 Å². The first-order valence-corrected chi connectivity index (χ1v) is 8.07. The molecule has 1 nitrogen and oxygen atoms in total. The normalized spacial score (nSPS) is 15.6. The summed E-state index contributed by atoms with van der Waals surface area (Å²) in [6.45, 7) is 12.7. The number of hydrogen-bond donors (Lipinski definition) is 1. The van der Waals surface area contributed by atoms with Gasteiger partial charge in [0.1, 0.15) is 0 Å². The fourth-order valence-electron chi connectivity index (χ4n) is 2.14. The van der Waals surface area contributed by atoms with Crippen LogP contribution in [-0.4, -0.2) is 12.6 Å². The average molecular weight is 267 g/mol. The molecule has 0 fully saturated rings. The Balaban J connectivity index is 2.44. The second kappa shape index (κ2) is 7.30. The Morgan fingerprint density at radius 3 is 2.56 bits per heavy atom. The maximum absolute atomic E-state index is 3.65. The van der Waals surface area contributed by atoms with Gasteiger partial charge in [0, 0.05) is 10.9 Å². The number of thiophene rings is 1. The number of rotatable bonds is 7. The minimum Gasteiger partial charge on any atom is -0.314 e. The molecule has 0 aliphatic heterocycles. The maximum atomic E-state index is 3.65. The largest absolute Gasteiger partial charge is 0.314 e. The maximum Gasteiger partial charge on any atom is 0.00731 e. The summed E-state index contributed by atoms with van der Waals surface area (Å²) in [4.78, 5) is 1.52. The fourth-order valence-corrected chi connectivity index (χ4v) is 2.87. The third kappa shape index (κ3) is 5.53. The lowest BCUT2D eigenvalue weighted by Gasteiger charge is -2.31. The van der Waals surface area contributed by atoms with Crippen molar-refractivity contribution in [3.05, 3.63) is 22.4 Å². The summed E-state index contributed by atoms with van der Waals surface area (Å²) in [5.41, 5.74) is 0.413. The quantitative estimate of drug-likeness (QED) is 0.753. The van der Waals surface area contributed by atoms with Gasteiger partial charge in [-0.05, 0) is 48.6 Å². The Morgan fingerprint density at radius 1 is 1.33 bits per heavy atom. The van der Waals surface area contributed by atoms with E-state index in [9.17, 15) is 0 Å². The molecule has 2 atom stereocenters. The van der Waals surface area contributed by atoms with Crippen LogP contribution < -0.4 is 5.32 Å². The van der Waals surface area contributed by atoms with Crippen molar-refractivity contribution in [3.8, 4) is 0 Å². The summed E-state index contributed by atoms with van der Waals surface area (Å²) in [7, 11) is 0. The van der Waals surface area contributed by atoms with Crippen molar-refractivity contribution in [2.45, 2.75) is 59.9 Å². The molecule has 1 aromatic rings. The molecule has 0 aromatic carbocycles. The van der Waals surface area contributed by atoms with Crippen molar-refractivity contribution in [1.82, 2.24) is 5.32 Å². The lowest BCUT2D eigenvalue weighted by atomic mass is 9.78. The van der Waals surface area contributed by atoms with Crippen molar-refractivity contribution >= 4 is 11.3 Å². The zero-order valence-corrected chi connectivity index (χ0v) is 13.4. The highest BCUT2D eigenvalue weighted by molar-refractivity contribution is 7.09. The third-order valence-electron chi connectivity index (χ3n) is 3.93. The minimum atomic E-state index is 0.413. The van der Waals surface area contributed by atoms with Gasteiger partial charge in [0.15, 0.2) is 0 Å². The number of hydrogen-bond acceptors (Lipinski definition) is 2. The van der Waals surface area contributed by atoms with E-state index in [1.165, 1.54) is 24.1 Å². The molecule has 0 spiro atoms. The van der Waals surface area contributed by atoms with Gasteiger partial charge < -0.3 is 5.32 Å². The molecule has 0 saturated carbocycles. The van der Waals surface area contributed by atoms with Gasteiger partial charge in [-0.15, -0.1) is 11.3 Å². The van der Waals surface area contributed by atoms with Crippen LogP contribution in [0, 0.1) is 11.3 Å². The van der Waals surface area contributed by atoms with Crippen LogP contribution in [0.5, 0.6) is 0 Å². The zero-order valence-electron chi connectivity index (χ0n) is 12.6. The van der Waals surface area contributed by atoms with Crippen molar-refractivity contribution in [2.24, 2.45) is 11.3 Å². The first kappa shape index (κ1) is 15.7. The highest BCUT2D eigenvalue weighted by Gasteiger charge is 2.23. The average Bonchev–Trinajstić information content (AvgIpc) is 2.77. The fraction of sp³-hybridized carbons (Fsp3) is 0.750. The first-order valence-electron chi connectivity index (χ1n) is 7.19. The van der Waals surface area contributed by atoms with Crippen molar-refractivity contribution in [3.63, 3.8) is 0 Å². The van der Waals surface area contributed by atoms with Crippen LogP contribution in [0.15, 0.2) is 17.5 Å². The van der Waals surface area contributed by atoms with Gasteiger partial charge in [-0.1, -0.05) is 40.7 Å². The van der Waals surface area contributed by atoms with E-state index in [0.717, 1.165) is 12.5 Å². The van der Waals surface area contributed by atoms with E-state index in [-0.39, 0.29) is 0 Å². The smallest absolute Gasteiger partial charge is 0.00731 e. The molecular weight excluding hydrogens is 238 g/mol. The minimum absolute atomic E-state index is 0.413. The van der Waals surface area contributed by atoms with E-state index in [4.69, 9.17) is 0 Å². The molecule has 0 saturated heterocycles. The molecule has 0 aliphatic carbocycles. The summed E-state index contributed by atoms with van der Waals surface area (Å²) in [6, 6.07) is 5.06. The standard InChI is InChI=1S/C16H29NS/c1-6-17-14(12-13(2)16(3,4)5)9-10-15-8-7-11-18-15/h7-8,11,13-14,17H,6,9-10,12H2,1-5H3. The Hall–Kier alpha value is -0.340. The van der Waals surface area contributed by atoms with Crippen LogP contribution in [0.2, 0.25) is 0 Å². The van der Waals surface area contributed by atoms with E-state index >= 15 is 0 Å². The molecule has 104 valence electrons. The number of aryl methyl sites for hydroxylation is 1. The molecule has 18 heavy (non-hydrogen) atoms. The Bertz CT molecular complexity index is 310. The van der Waals surface area contributed by atoms with Crippen LogP contribution in [0.25, 0.3) is 0 Å². The van der Waals surface area contributed by atoms with Crippen molar-refractivity contribution < 1.29 is 0 Å². The molecule has 1 aromatic heterocycles. The van der Waals surface area contributed by atoms with Gasteiger partial charge in [-0.3, -0.25) is 0 Å². The van der Waals surface area contributed by atoms with Crippen LogP contribution in [0.4, 0.5) is 0 Å². The third-order valence-corrected chi connectivity index (χ3v) is 4.86. The summed E-state index contributed by atoms with van der Waals surface area (Å²) < 4.78 is 0. The molecular formula is C16H29NS. The van der Waals surface area contributed by atoms with E-state index in [1.807, 2.05) is 11.3 Å². The van der Waals surface area contributed by atoms with Gasteiger partial charge in [-0.25, -0.2) is 0 Å². The predicted molar refractivity (Wildman–Crippen MR) is 83.3 cm³/mol. The molecule has 0 bridgehead atoms. The monoisotopic (exact) mass is 267 g/mol. The van der Waals surface area contributed by atoms with E-state index in [0.29, 0.717) is 11.5 Å². The molecule has 0 amide bonds. The van der Waals surface area contributed by atoms with Crippen LogP contribution in [-0.2, 0) is 6.42 Å². The molecule has 1 N–H and O–H groups in total. The van der Waals surface area contributed by atoms with Crippen molar-refractivity contribution in [2.75, 3.05) is 6.54 Å². The second-order valence-electron chi connectivity index (χ2n) is 6.38. The lowest BCUT2D eigenvalue weighted by molar-refractivity contribution is 0.220. The predicted octanol–water partition coefficient (Wildman–Crippen LogP) is 4.73. The van der Waals surface area contributed by atoms with E-state index in [1.54, 1.807) is 0 Å². The van der Waals surface area contributed by atoms with Gasteiger partial charge in [-0.2, -0.15) is 0 Å². The summed E-state index contributed by atoms with van der Waals surface area (Å²) >= 11 is 1.88. The molecule has 1 rings (SSSR count). The zero-order chi connectivity index (χ0) is 13.6. The molecule has 0 aliphatic rings. The summed E-state index contributed by atoms with van der Waals surface area (Å²) in [6.07, 6.45) is 3.75. The Morgan fingerprint density at radius 2 is 2.06 bits per heavy atom. The van der Waals surface area contributed by atoms with Crippen LogP contribution in [0.1, 0.15) is 52.3 Å². The molecule has 2 unspecified atom stereocenters. The van der Waals surface area contributed by atoms with Gasteiger partial charge in [0.05, 0.1) is 0 Å². The van der Waals surface area contributed by atoms with E-state index in [2.05, 4.69) is 57.4 Å². The Kier molecular flexibility index (Phi) is 6.37. The highest BCUT2D eigenvalue weighted by atomic mass is 32.1. The SMILES string of the molecule is CCNC(CCc1cccs1)CC(C)C(C)(C)C. The van der Waals surface area contributed by atoms with Crippen molar-refractivity contribution in [1.29, 1.82) is 0 Å². The lowest BCUT2D eigenvalue weighted by Crippen LogP contribution is -2.34. The summed E-state index contributed by atoms with van der Waals surface area (Å²) in [5.74, 6) is 0.755. The molecule has 1 heterocycles. The Labute approximate surface area is 117 Å². The first-order chi connectivity index (χ1) is 8.43. The van der Waals surface area contributed by atoms with Crippen LogP contribution >= 0.6 is 11.3 Å². The topological polar surface area (TPSA) is 12.0 Å². The highest BCUT2D eigenvalue weighted by Crippen LogP contribution is 2.30. The van der Waals surface area contributed by atoms with E-state index < -0.39 is 0 Å². The second-order valence-corrected chi connectivity index (χ2v) is 7.41. The van der Waals surface area contributed by atoms with Gasteiger partial charge >= 0.3 is 0 Å². The molecule has 2 heteroatoms. The molecule has 0 radical (unpaired) electrons. The summed E-state index contributed by atoms with van der Waals surface area (Å²) in [5, 5.41) is 5.83. The number of nitrogens with one attached hydrogen (secondary N) is 1. The van der Waals surface area contributed by atoms with Gasteiger partial charge in [0.25, 0.3) is 0 Å².